The van der Waals surface area contributed by atoms with Crippen molar-refractivity contribution in [3.63, 3.8) is 0 Å². The second kappa shape index (κ2) is 6.47. The predicted molar refractivity (Wildman–Crippen MR) is 74.7 cm³/mol. The molecule has 1 aliphatic carbocycles. The lowest BCUT2D eigenvalue weighted by Gasteiger charge is -2.26. The molecule has 1 fully saturated rings. The first kappa shape index (κ1) is 14.4. The van der Waals surface area contributed by atoms with E-state index in [1.165, 1.54) is 6.20 Å². The van der Waals surface area contributed by atoms with Crippen LogP contribution in [0.15, 0.2) is 6.20 Å². The third-order valence-corrected chi connectivity index (χ3v) is 3.50. The maximum Gasteiger partial charge on any atom is 0.329 e. The minimum atomic E-state index is -0.502. The summed E-state index contributed by atoms with van der Waals surface area (Å²) in [5.74, 6) is 0.863. The number of nitrogens with zero attached hydrogens (tertiary/aromatic N) is 3. The number of hydrogen-bond donors (Lipinski definition) is 3. The van der Waals surface area contributed by atoms with Crippen molar-refractivity contribution in [2.45, 2.75) is 31.8 Å². The Morgan fingerprint density at radius 1 is 1.55 bits per heavy atom. The number of anilines is 2. The van der Waals surface area contributed by atoms with Gasteiger partial charge in [0.25, 0.3) is 0 Å². The normalized spacial score (nSPS) is 22.3. The number of aliphatic hydroxyl groups is 1. The second-order valence-electron chi connectivity index (χ2n) is 5.00. The fourth-order valence-electron chi connectivity index (χ4n) is 2.45. The molecule has 1 saturated carbocycles. The lowest BCUT2D eigenvalue weighted by atomic mass is 9.87. The highest BCUT2D eigenvalue weighted by Gasteiger charge is 2.22. The minimum Gasteiger partial charge on any atom is -0.393 e. The molecule has 0 radical (unpaired) electrons. The zero-order chi connectivity index (χ0) is 14.5. The Balaban J connectivity index is 2.05. The number of aliphatic hydroxyl groups excluding tert-OH is 1. The smallest absolute Gasteiger partial charge is 0.329 e. The standard InChI is InChI=1S/C12H19N5O3/c1-13-12-15-7-10(17(19)20)11(16-12)14-6-8-3-2-4-9(18)5-8/h7-9,18H,2-6H2,1H3,(H2,13,14,15,16). The van der Waals surface area contributed by atoms with Crippen molar-refractivity contribution in [2.24, 2.45) is 5.92 Å². The van der Waals surface area contributed by atoms with Gasteiger partial charge < -0.3 is 15.7 Å². The summed E-state index contributed by atoms with van der Waals surface area (Å²) < 4.78 is 0. The van der Waals surface area contributed by atoms with E-state index in [-0.39, 0.29) is 17.6 Å². The van der Waals surface area contributed by atoms with Crippen molar-refractivity contribution in [2.75, 3.05) is 24.2 Å². The highest BCUT2D eigenvalue weighted by atomic mass is 16.6. The molecule has 0 aliphatic heterocycles. The van der Waals surface area contributed by atoms with Crippen LogP contribution in [0.5, 0.6) is 0 Å². The fourth-order valence-corrected chi connectivity index (χ4v) is 2.45. The van der Waals surface area contributed by atoms with Crippen molar-refractivity contribution in [1.82, 2.24) is 9.97 Å². The van der Waals surface area contributed by atoms with Crippen LogP contribution in [0, 0.1) is 16.0 Å². The Kier molecular flexibility index (Phi) is 4.67. The van der Waals surface area contributed by atoms with Crippen molar-refractivity contribution < 1.29 is 10.0 Å². The van der Waals surface area contributed by atoms with E-state index in [0.29, 0.717) is 18.4 Å². The second-order valence-corrected chi connectivity index (χ2v) is 5.00. The first-order chi connectivity index (χ1) is 9.60. The van der Waals surface area contributed by atoms with E-state index in [1.807, 2.05) is 0 Å². The van der Waals surface area contributed by atoms with Crippen LogP contribution in [-0.4, -0.2) is 39.7 Å². The molecule has 0 aromatic carbocycles. The molecule has 0 spiro atoms. The van der Waals surface area contributed by atoms with Gasteiger partial charge in [0, 0.05) is 13.6 Å². The van der Waals surface area contributed by atoms with Gasteiger partial charge in [-0.05, 0) is 25.2 Å². The third kappa shape index (κ3) is 3.53. The van der Waals surface area contributed by atoms with E-state index >= 15 is 0 Å². The lowest BCUT2D eigenvalue weighted by molar-refractivity contribution is -0.384. The van der Waals surface area contributed by atoms with E-state index in [2.05, 4.69) is 20.6 Å². The molecule has 8 heteroatoms. The van der Waals surface area contributed by atoms with E-state index in [4.69, 9.17) is 0 Å². The maximum atomic E-state index is 10.9. The first-order valence-electron chi connectivity index (χ1n) is 6.71. The monoisotopic (exact) mass is 281 g/mol. The Morgan fingerprint density at radius 3 is 3.00 bits per heavy atom. The van der Waals surface area contributed by atoms with Gasteiger partial charge in [0.15, 0.2) is 0 Å². The molecular weight excluding hydrogens is 262 g/mol. The Labute approximate surface area is 116 Å². The summed E-state index contributed by atoms with van der Waals surface area (Å²) in [5, 5.41) is 26.3. The molecule has 2 rings (SSSR count). The molecule has 0 amide bonds. The largest absolute Gasteiger partial charge is 0.393 e. The summed E-state index contributed by atoms with van der Waals surface area (Å²) in [4.78, 5) is 18.4. The van der Waals surface area contributed by atoms with Crippen LogP contribution in [-0.2, 0) is 0 Å². The average Bonchev–Trinajstić information content (AvgIpc) is 2.44. The Hall–Kier alpha value is -1.96. The molecule has 0 saturated heterocycles. The number of aromatic nitrogens is 2. The zero-order valence-electron chi connectivity index (χ0n) is 11.4. The fraction of sp³-hybridized carbons (Fsp3) is 0.667. The van der Waals surface area contributed by atoms with Crippen LogP contribution in [0.1, 0.15) is 25.7 Å². The van der Waals surface area contributed by atoms with Gasteiger partial charge in [-0.15, -0.1) is 0 Å². The summed E-state index contributed by atoms with van der Waals surface area (Å²) in [7, 11) is 1.66. The summed E-state index contributed by atoms with van der Waals surface area (Å²) in [6, 6.07) is 0. The zero-order valence-corrected chi connectivity index (χ0v) is 11.4. The lowest BCUT2D eigenvalue weighted by Crippen LogP contribution is -2.25. The van der Waals surface area contributed by atoms with Crippen LogP contribution in [0.25, 0.3) is 0 Å². The summed E-state index contributed by atoms with van der Waals surface area (Å²) in [6.45, 7) is 0.568. The molecule has 1 aliphatic rings. The topological polar surface area (TPSA) is 113 Å². The molecule has 2 atom stereocenters. The van der Waals surface area contributed by atoms with Gasteiger partial charge in [0.2, 0.25) is 11.8 Å². The van der Waals surface area contributed by atoms with Crippen LogP contribution in [0.3, 0.4) is 0 Å². The molecule has 8 nitrogen and oxygen atoms in total. The van der Waals surface area contributed by atoms with Crippen molar-refractivity contribution in [3.05, 3.63) is 16.3 Å². The molecule has 1 heterocycles. The molecule has 1 aromatic rings. The highest BCUT2D eigenvalue weighted by Crippen LogP contribution is 2.26. The summed E-state index contributed by atoms with van der Waals surface area (Å²) in [6.07, 6.45) is 4.50. The van der Waals surface area contributed by atoms with E-state index in [0.717, 1.165) is 25.7 Å². The predicted octanol–water partition coefficient (Wildman–Crippen LogP) is 1.39. The van der Waals surface area contributed by atoms with Gasteiger partial charge in [-0.1, -0.05) is 6.42 Å². The number of hydrogen-bond acceptors (Lipinski definition) is 7. The van der Waals surface area contributed by atoms with Crippen molar-refractivity contribution in [1.29, 1.82) is 0 Å². The minimum absolute atomic E-state index is 0.139. The van der Waals surface area contributed by atoms with Crippen LogP contribution >= 0.6 is 0 Å². The van der Waals surface area contributed by atoms with Crippen LogP contribution in [0.4, 0.5) is 17.5 Å². The van der Waals surface area contributed by atoms with Crippen molar-refractivity contribution >= 4 is 17.5 Å². The van der Waals surface area contributed by atoms with E-state index in [1.54, 1.807) is 7.05 Å². The molecule has 110 valence electrons. The molecular formula is C12H19N5O3. The Bertz CT molecular complexity index is 482. The Morgan fingerprint density at radius 2 is 2.35 bits per heavy atom. The van der Waals surface area contributed by atoms with Gasteiger partial charge in [-0.3, -0.25) is 10.1 Å². The van der Waals surface area contributed by atoms with Gasteiger partial charge >= 0.3 is 5.69 Å². The van der Waals surface area contributed by atoms with Crippen LogP contribution in [0.2, 0.25) is 0 Å². The third-order valence-electron chi connectivity index (χ3n) is 3.50. The van der Waals surface area contributed by atoms with E-state index < -0.39 is 4.92 Å². The number of nitro groups is 1. The van der Waals surface area contributed by atoms with Gasteiger partial charge in [-0.25, -0.2) is 4.98 Å². The quantitative estimate of drug-likeness (QED) is 0.552. The summed E-state index contributed by atoms with van der Waals surface area (Å²) in [5.41, 5.74) is -0.139. The average molecular weight is 281 g/mol. The number of rotatable bonds is 5. The molecule has 0 bridgehead atoms. The van der Waals surface area contributed by atoms with Crippen molar-refractivity contribution in [3.8, 4) is 0 Å². The summed E-state index contributed by atoms with van der Waals surface area (Å²) >= 11 is 0. The molecule has 3 N–H and O–H groups in total. The van der Waals surface area contributed by atoms with Crippen LogP contribution < -0.4 is 10.6 Å². The maximum absolute atomic E-state index is 10.9. The molecule has 2 unspecified atom stereocenters. The molecule has 20 heavy (non-hydrogen) atoms. The molecule has 1 aromatic heterocycles. The highest BCUT2D eigenvalue weighted by molar-refractivity contribution is 5.56. The first-order valence-corrected chi connectivity index (χ1v) is 6.71. The SMILES string of the molecule is CNc1ncc([N+](=O)[O-])c(NCC2CCCC(O)C2)n1. The van der Waals surface area contributed by atoms with E-state index in [9.17, 15) is 15.2 Å². The van der Waals surface area contributed by atoms with Gasteiger partial charge in [0.1, 0.15) is 6.20 Å². The van der Waals surface area contributed by atoms with Gasteiger partial charge in [-0.2, -0.15) is 4.98 Å². The van der Waals surface area contributed by atoms with Gasteiger partial charge in [0.05, 0.1) is 11.0 Å². The number of nitrogens with one attached hydrogen (secondary N) is 2.